The van der Waals surface area contributed by atoms with Gasteiger partial charge in [-0.15, -0.1) is 0 Å². The van der Waals surface area contributed by atoms with Crippen molar-refractivity contribution in [2.24, 2.45) is 5.73 Å². The first-order chi connectivity index (χ1) is 8.62. The van der Waals surface area contributed by atoms with Crippen LogP contribution in [0.3, 0.4) is 0 Å². The van der Waals surface area contributed by atoms with Crippen molar-refractivity contribution in [1.82, 2.24) is 0 Å². The number of carbonyl (C=O) groups is 1. The molecule has 1 amide bonds. The smallest absolute Gasteiger partial charge is 0.229 e. The molecule has 0 saturated heterocycles. The molecule has 0 saturated carbocycles. The fourth-order valence-corrected chi connectivity index (χ4v) is 1.69. The summed E-state index contributed by atoms with van der Waals surface area (Å²) in [4.78, 5) is 13.7. The number of amides is 1. The number of hydrogen-bond acceptors (Lipinski definition) is 3. The summed E-state index contributed by atoms with van der Waals surface area (Å²) in [6, 6.07) is 5.84. The highest BCUT2D eigenvalue weighted by Crippen LogP contribution is 2.16. The minimum absolute atomic E-state index is 0.0820. The molecule has 5 heteroatoms. The van der Waals surface area contributed by atoms with E-state index in [4.69, 9.17) is 10.5 Å². The summed E-state index contributed by atoms with van der Waals surface area (Å²) in [6.07, 6.45) is -0.0647. The Morgan fingerprint density at radius 2 is 2.06 bits per heavy atom. The van der Waals surface area contributed by atoms with Gasteiger partial charge in [-0.05, 0) is 31.2 Å². The summed E-state index contributed by atoms with van der Waals surface area (Å²) < 4.78 is 17.9. The third kappa shape index (κ3) is 3.78. The predicted octanol–water partition coefficient (Wildman–Crippen LogP) is 1.54. The van der Waals surface area contributed by atoms with Crippen molar-refractivity contribution in [1.29, 1.82) is 0 Å². The van der Waals surface area contributed by atoms with Gasteiger partial charge in [-0.3, -0.25) is 4.79 Å². The number of carbonyl (C=O) groups excluding carboxylic acids is 1. The molecule has 100 valence electrons. The van der Waals surface area contributed by atoms with Gasteiger partial charge in [-0.25, -0.2) is 4.39 Å². The average Bonchev–Trinajstić information content (AvgIpc) is 2.39. The van der Waals surface area contributed by atoms with Crippen LogP contribution in [-0.2, 0) is 9.53 Å². The second kappa shape index (κ2) is 7.08. The van der Waals surface area contributed by atoms with Gasteiger partial charge in [0.2, 0.25) is 5.91 Å². The highest BCUT2D eigenvalue weighted by atomic mass is 19.1. The zero-order valence-electron chi connectivity index (χ0n) is 10.7. The first-order valence-electron chi connectivity index (χ1n) is 5.91. The molecule has 1 unspecified atom stereocenters. The van der Waals surface area contributed by atoms with Gasteiger partial charge in [-0.2, -0.15) is 0 Å². The maximum atomic E-state index is 12.8. The number of anilines is 1. The standard InChI is InChI=1S/C13H19FN2O2/c1-3-16(11-6-4-10(14)5-7-11)13(17)8-12(9-15)18-2/h4-7,12H,3,8-9,15H2,1-2H3. The van der Waals surface area contributed by atoms with E-state index in [1.165, 1.54) is 19.2 Å². The van der Waals surface area contributed by atoms with Crippen molar-refractivity contribution in [3.63, 3.8) is 0 Å². The SMILES string of the molecule is CCN(C(=O)CC(CN)OC)c1ccc(F)cc1. The van der Waals surface area contributed by atoms with Crippen LogP contribution in [0.4, 0.5) is 10.1 Å². The third-order valence-corrected chi connectivity index (χ3v) is 2.75. The maximum Gasteiger partial charge on any atom is 0.229 e. The van der Waals surface area contributed by atoms with Gasteiger partial charge in [0.25, 0.3) is 0 Å². The maximum absolute atomic E-state index is 12.8. The summed E-state index contributed by atoms with van der Waals surface area (Å²) in [5.41, 5.74) is 6.16. The van der Waals surface area contributed by atoms with Crippen LogP contribution in [0.15, 0.2) is 24.3 Å². The molecule has 1 aromatic rings. The zero-order chi connectivity index (χ0) is 13.5. The normalized spacial score (nSPS) is 12.2. The lowest BCUT2D eigenvalue weighted by molar-refractivity contribution is -0.120. The number of benzene rings is 1. The van der Waals surface area contributed by atoms with E-state index in [2.05, 4.69) is 0 Å². The molecule has 18 heavy (non-hydrogen) atoms. The third-order valence-electron chi connectivity index (χ3n) is 2.75. The first kappa shape index (κ1) is 14.6. The van der Waals surface area contributed by atoms with Crippen LogP contribution < -0.4 is 10.6 Å². The highest BCUT2D eigenvalue weighted by molar-refractivity contribution is 5.93. The summed E-state index contributed by atoms with van der Waals surface area (Å²) in [7, 11) is 1.53. The Kier molecular flexibility index (Phi) is 5.74. The molecule has 0 radical (unpaired) electrons. The van der Waals surface area contributed by atoms with Gasteiger partial charge in [0.1, 0.15) is 5.82 Å². The fourth-order valence-electron chi connectivity index (χ4n) is 1.69. The van der Waals surface area contributed by atoms with Gasteiger partial charge >= 0.3 is 0 Å². The molecule has 0 heterocycles. The number of methoxy groups -OCH3 is 1. The number of nitrogens with zero attached hydrogens (tertiary/aromatic N) is 1. The molecule has 4 nitrogen and oxygen atoms in total. The largest absolute Gasteiger partial charge is 0.380 e. The topological polar surface area (TPSA) is 55.6 Å². The minimum atomic E-state index is -0.320. The predicted molar refractivity (Wildman–Crippen MR) is 68.9 cm³/mol. The Hall–Kier alpha value is -1.46. The van der Waals surface area contributed by atoms with Gasteiger partial charge in [0, 0.05) is 25.9 Å². The van der Waals surface area contributed by atoms with Crippen LogP contribution in [0.1, 0.15) is 13.3 Å². The monoisotopic (exact) mass is 254 g/mol. The molecule has 0 aliphatic heterocycles. The van der Waals surface area contributed by atoms with Crippen molar-refractivity contribution < 1.29 is 13.9 Å². The highest BCUT2D eigenvalue weighted by Gasteiger charge is 2.18. The van der Waals surface area contributed by atoms with E-state index >= 15 is 0 Å². The molecule has 1 rings (SSSR count). The molecule has 1 aromatic carbocycles. The molecule has 0 aliphatic rings. The van der Waals surface area contributed by atoms with E-state index in [0.29, 0.717) is 18.8 Å². The Morgan fingerprint density at radius 1 is 1.44 bits per heavy atom. The van der Waals surface area contributed by atoms with E-state index in [1.807, 2.05) is 6.92 Å². The average molecular weight is 254 g/mol. The second-order valence-corrected chi connectivity index (χ2v) is 3.91. The molecule has 2 N–H and O–H groups in total. The molecule has 0 spiro atoms. The summed E-state index contributed by atoms with van der Waals surface area (Å²) in [5.74, 6) is -0.402. The molecule has 0 fully saturated rings. The van der Waals surface area contributed by atoms with Crippen LogP contribution in [0.5, 0.6) is 0 Å². The van der Waals surface area contributed by atoms with E-state index in [0.717, 1.165) is 0 Å². The van der Waals surface area contributed by atoms with E-state index in [9.17, 15) is 9.18 Å². The molecule has 1 atom stereocenters. The van der Waals surface area contributed by atoms with Crippen LogP contribution in [0.25, 0.3) is 0 Å². The summed E-state index contributed by atoms with van der Waals surface area (Å²) in [5, 5.41) is 0. The second-order valence-electron chi connectivity index (χ2n) is 3.91. The number of hydrogen-bond donors (Lipinski definition) is 1. The lowest BCUT2D eigenvalue weighted by Crippen LogP contribution is -2.36. The number of ether oxygens (including phenoxy) is 1. The minimum Gasteiger partial charge on any atom is -0.380 e. The number of halogens is 1. The quantitative estimate of drug-likeness (QED) is 0.837. The molecule has 0 aromatic heterocycles. The van der Waals surface area contributed by atoms with Crippen molar-refractivity contribution in [3.8, 4) is 0 Å². The van der Waals surface area contributed by atoms with Crippen molar-refractivity contribution in [3.05, 3.63) is 30.1 Å². The van der Waals surface area contributed by atoms with Crippen molar-refractivity contribution in [2.45, 2.75) is 19.4 Å². The Balaban J connectivity index is 2.76. The first-order valence-corrected chi connectivity index (χ1v) is 5.91. The van der Waals surface area contributed by atoms with Gasteiger partial charge < -0.3 is 15.4 Å². The number of rotatable bonds is 6. The fraction of sp³-hybridized carbons (Fsp3) is 0.462. The molecular weight excluding hydrogens is 235 g/mol. The summed E-state index contributed by atoms with van der Waals surface area (Å²) in [6.45, 7) is 2.68. The summed E-state index contributed by atoms with van der Waals surface area (Å²) >= 11 is 0. The van der Waals surface area contributed by atoms with Crippen LogP contribution in [0, 0.1) is 5.82 Å². The van der Waals surface area contributed by atoms with Crippen LogP contribution in [0.2, 0.25) is 0 Å². The lowest BCUT2D eigenvalue weighted by Gasteiger charge is -2.23. The van der Waals surface area contributed by atoms with E-state index in [-0.39, 0.29) is 24.2 Å². The van der Waals surface area contributed by atoms with E-state index < -0.39 is 0 Å². The molecular formula is C13H19FN2O2. The number of nitrogens with two attached hydrogens (primary N) is 1. The van der Waals surface area contributed by atoms with Gasteiger partial charge in [0.15, 0.2) is 0 Å². The Labute approximate surface area is 107 Å². The zero-order valence-corrected chi connectivity index (χ0v) is 10.7. The van der Waals surface area contributed by atoms with Crippen molar-refractivity contribution in [2.75, 3.05) is 25.1 Å². The van der Waals surface area contributed by atoms with Crippen LogP contribution >= 0.6 is 0 Å². The molecule has 0 aliphatic carbocycles. The Morgan fingerprint density at radius 3 is 2.50 bits per heavy atom. The lowest BCUT2D eigenvalue weighted by atomic mass is 10.2. The van der Waals surface area contributed by atoms with Gasteiger partial charge in [0.05, 0.1) is 12.5 Å². The molecule has 0 bridgehead atoms. The van der Waals surface area contributed by atoms with Crippen LogP contribution in [-0.4, -0.2) is 32.2 Å². The Bertz CT molecular complexity index is 377. The van der Waals surface area contributed by atoms with E-state index in [1.54, 1.807) is 17.0 Å². The van der Waals surface area contributed by atoms with Crippen molar-refractivity contribution >= 4 is 11.6 Å². The van der Waals surface area contributed by atoms with Gasteiger partial charge in [-0.1, -0.05) is 0 Å².